The van der Waals surface area contributed by atoms with E-state index in [0.29, 0.717) is 16.3 Å². The number of carbonyl (C=O) groups excluding carboxylic acids is 1. The van der Waals surface area contributed by atoms with Crippen LogP contribution in [0.4, 0.5) is 5.69 Å². The van der Waals surface area contributed by atoms with Crippen molar-refractivity contribution in [3.8, 4) is 5.69 Å². The molecule has 1 amide bonds. The molecular formula is C24H27ClN4O3S. The van der Waals surface area contributed by atoms with Gasteiger partial charge < -0.3 is 5.32 Å². The van der Waals surface area contributed by atoms with Gasteiger partial charge in [-0.15, -0.1) is 0 Å². The van der Waals surface area contributed by atoms with Crippen molar-refractivity contribution in [2.24, 2.45) is 0 Å². The fourth-order valence-electron chi connectivity index (χ4n) is 3.60. The number of sulfonamides is 1. The average molecular weight is 487 g/mol. The minimum atomic E-state index is -3.72. The molecule has 1 aliphatic rings. The van der Waals surface area contributed by atoms with Gasteiger partial charge >= 0.3 is 0 Å². The van der Waals surface area contributed by atoms with Gasteiger partial charge in [-0.25, -0.2) is 17.8 Å². The smallest absolute Gasteiger partial charge is 0.259 e. The highest BCUT2D eigenvalue weighted by atomic mass is 35.5. The van der Waals surface area contributed by atoms with Crippen LogP contribution in [0.25, 0.3) is 5.69 Å². The highest BCUT2D eigenvalue weighted by Gasteiger charge is 2.33. The summed E-state index contributed by atoms with van der Waals surface area (Å²) in [4.78, 5) is 13.3. The van der Waals surface area contributed by atoms with Crippen molar-refractivity contribution in [1.29, 1.82) is 0 Å². The van der Waals surface area contributed by atoms with Crippen LogP contribution in [-0.4, -0.2) is 29.6 Å². The first kappa shape index (κ1) is 23.5. The van der Waals surface area contributed by atoms with Crippen LogP contribution in [0.15, 0.2) is 53.6 Å². The highest BCUT2D eigenvalue weighted by molar-refractivity contribution is 7.89. The minimum Gasteiger partial charge on any atom is -0.322 e. The van der Waals surface area contributed by atoms with Crippen molar-refractivity contribution in [2.45, 2.75) is 56.9 Å². The zero-order chi connectivity index (χ0) is 24.0. The number of benzene rings is 2. The predicted octanol–water partition coefficient (Wildman–Crippen LogP) is 5.04. The molecule has 0 bridgehead atoms. The van der Waals surface area contributed by atoms with E-state index in [9.17, 15) is 13.2 Å². The third kappa shape index (κ3) is 5.29. The van der Waals surface area contributed by atoms with Crippen LogP contribution >= 0.6 is 11.6 Å². The molecule has 0 atom stereocenters. The summed E-state index contributed by atoms with van der Waals surface area (Å²) in [5.41, 5.74) is 2.85. The molecule has 0 saturated heterocycles. The molecule has 1 saturated carbocycles. The number of aryl methyl sites for hydroxylation is 1. The number of aromatic nitrogens is 2. The summed E-state index contributed by atoms with van der Waals surface area (Å²) in [6.45, 7) is 7.25. The molecule has 4 rings (SSSR count). The number of nitrogens with one attached hydrogen (secondary N) is 2. The normalized spacial score (nSPS) is 14.3. The van der Waals surface area contributed by atoms with E-state index in [4.69, 9.17) is 11.6 Å². The number of amides is 1. The van der Waals surface area contributed by atoms with E-state index >= 15 is 0 Å². The number of hydrogen-bond acceptors (Lipinski definition) is 4. The first-order valence-corrected chi connectivity index (χ1v) is 12.6. The van der Waals surface area contributed by atoms with Crippen LogP contribution in [0.1, 0.15) is 61.1 Å². The second-order valence-corrected chi connectivity index (χ2v) is 11.5. The maximum Gasteiger partial charge on any atom is 0.259 e. The molecule has 1 fully saturated rings. The number of halogens is 1. The van der Waals surface area contributed by atoms with E-state index in [1.807, 2.05) is 25.1 Å². The quantitative estimate of drug-likeness (QED) is 0.510. The number of anilines is 1. The van der Waals surface area contributed by atoms with E-state index < -0.39 is 15.6 Å². The summed E-state index contributed by atoms with van der Waals surface area (Å²) >= 11 is 6.30. The summed E-state index contributed by atoms with van der Waals surface area (Å²) in [5.74, 6) is -0.0873. The van der Waals surface area contributed by atoms with Crippen molar-refractivity contribution in [3.63, 3.8) is 0 Å². The van der Waals surface area contributed by atoms with Gasteiger partial charge in [0.15, 0.2) is 0 Å². The third-order valence-electron chi connectivity index (χ3n) is 5.26. The second kappa shape index (κ2) is 8.59. The molecule has 0 unspecified atom stereocenters. The molecule has 2 aromatic carbocycles. The fourth-order valence-corrected chi connectivity index (χ4v) is 5.24. The Balaban J connectivity index is 1.63. The Kier molecular flexibility index (Phi) is 6.11. The summed E-state index contributed by atoms with van der Waals surface area (Å²) in [6, 6.07) is 11.9. The number of rotatable bonds is 6. The lowest BCUT2D eigenvalue weighted by Crippen LogP contribution is -2.40. The van der Waals surface area contributed by atoms with Crippen molar-refractivity contribution >= 4 is 33.2 Å². The molecule has 174 valence electrons. The summed E-state index contributed by atoms with van der Waals surface area (Å²) in [7, 11) is -3.72. The van der Waals surface area contributed by atoms with Gasteiger partial charge in [0.1, 0.15) is 0 Å². The number of hydrogen-bond donors (Lipinski definition) is 2. The van der Waals surface area contributed by atoms with Gasteiger partial charge in [0.2, 0.25) is 10.0 Å². The van der Waals surface area contributed by atoms with E-state index in [-0.39, 0.29) is 16.7 Å². The monoisotopic (exact) mass is 486 g/mol. The van der Waals surface area contributed by atoms with Crippen molar-refractivity contribution in [1.82, 2.24) is 14.5 Å². The molecule has 9 heteroatoms. The van der Waals surface area contributed by atoms with E-state index in [2.05, 4.69) is 15.1 Å². The van der Waals surface area contributed by atoms with Gasteiger partial charge in [0.05, 0.1) is 28.0 Å². The highest BCUT2D eigenvalue weighted by Crippen LogP contribution is 2.42. The van der Waals surface area contributed by atoms with Crippen molar-refractivity contribution in [2.75, 3.05) is 5.32 Å². The molecule has 1 aliphatic carbocycles. The van der Waals surface area contributed by atoms with Gasteiger partial charge in [0.25, 0.3) is 5.91 Å². The molecule has 1 aromatic heterocycles. The first-order chi connectivity index (χ1) is 15.4. The van der Waals surface area contributed by atoms with Gasteiger partial charge in [-0.3, -0.25) is 4.79 Å². The van der Waals surface area contributed by atoms with Gasteiger partial charge in [0, 0.05) is 22.2 Å². The van der Waals surface area contributed by atoms with Crippen molar-refractivity contribution in [3.05, 3.63) is 70.5 Å². The average Bonchev–Trinajstić information content (AvgIpc) is 3.46. The molecule has 0 spiro atoms. The van der Waals surface area contributed by atoms with Gasteiger partial charge in [-0.1, -0.05) is 23.7 Å². The second-order valence-electron chi connectivity index (χ2n) is 9.40. The van der Waals surface area contributed by atoms with Crippen molar-refractivity contribution < 1.29 is 13.2 Å². The SMILES string of the molecule is Cc1ccc(-n2ncc(C(=O)Nc3cccc(S(=O)(=O)NC(C)(C)C)c3)c2C2CC2)cc1Cl. The molecule has 0 aliphatic heterocycles. The summed E-state index contributed by atoms with van der Waals surface area (Å²) in [6.07, 6.45) is 3.52. The maximum atomic E-state index is 13.2. The molecule has 7 nitrogen and oxygen atoms in total. The Labute approximate surface area is 199 Å². The minimum absolute atomic E-state index is 0.0858. The zero-order valence-electron chi connectivity index (χ0n) is 19.0. The number of carbonyl (C=O) groups is 1. The van der Waals surface area contributed by atoms with Gasteiger partial charge in [-0.2, -0.15) is 5.10 Å². The molecule has 1 heterocycles. The Morgan fingerprint density at radius 3 is 2.52 bits per heavy atom. The zero-order valence-corrected chi connectivity index (χ0v) is 20.6. The van der Waals surface area contributed by atoms with E-state index in [1.165, 1.54) is 12.1 Å². The Morgan fingerprint density at radius 2 is 1.88 bits per heavy atom. The van der Waals surface area contributed by atoms with Crippen LogP contribution in [0, 0.1) is 6.92 Å². The summed E-state index contributed by atoms with van der Waals surface area (Å²) < 4.78 is 29.7. The lowest BCUT2D eigenvalue weighted by atomic mass is 10.1. The lowest BCUT2D eigenvalue weighted by molar-refractivity contribution is 0.102. The van der Waals surface area contributed by atoms with E-state index in [1.54, 1.807) is 43.8 Å². The molecular weight excluding hydrogens is 460 g/mol. The molecule has 2 N–H and O–H groups in total. The number of nitrogens with zero attached hydrogens (tertiary/aromatic N) is 2. The van der Waals surface area contributed by atoms with Crippen LogP contribution in [0.3, 0.4) is 0 Å². The standard InChI is InChI=1S/C24H27ClN4O3S/c1-15-8-11-18(13-21(15)25)29-22(16-9-10-16)20(14-26-29)23(30)27-17-6-5-7-19(12-17)33(31,32)28-24(2,3)4/h5-8,11-14,16,28H,9-10H2,1-4H3,(H,27,30). The Hall–Kier alpha value is -2.68. The van der Waals surface area contributed by atoms with Gasteiger partial charge in [-0.05, 0) is 76.4 Å². The third-order valence-corrected chi connectivity index (χ3v) is 7.42. The lowest BCUT2D eigenvalue weighted by Gasteiger charge is -2.20. The Bertz CT molecular complexity index is 1320. The van der Waals surface area contributed by atoms with Crippen LogP contribution < -0.4 is 10.0 Å². The topological polar surface area (TPSA) is 93.1 Å². The maximum absolute atomic E-state index is 13.2. The molecule has 3 aromatic rings. The molecule has 33 heavy (non-hydrogen) atoms. The van der Waals surface area contributed by atoms with Crippen LogP contribution in [0.5, 0.6) is 0 Å². The first-order valence-electron chi connectivity index (χ1n) is 10.7. The molecule has 0 radical (unpaired) electrons. The van der Waals surface area contributed by atoms with Crippen LogP contribution in [0.2, 0.25) is 5.02 Å². The van der Waals surface area contributed by atoms with Crippen LogP contribution in [-0.2, 0) is 10.0 Å². The summed E-state index contributed by atoms with van der Waals surface area (Å²) in [5, 5.41) is 7.94. The fraction of sp³-hybridized carbons (Fsp3) is 0.333. The predicted molar refractivity (Wildman–Crippen MR) is 130 cm³/mol. The Morgan fingerprint density at radius 1 is 1.15 bits per heavy atom. The van der Waals surface area contributed by atoms with E-state index in [0.717, 1.165) is 29.8 Å². The largest absolute Gasteiger partial charge is 0.322 e.